The number of rotatable bonds is 3. The SMILES string of the molecule is O=C1O[C@H](N2C(=O)CC[C@H]2C(=O)NC2CCCC2)c2ccccc21. The van der Waals surface area contributed by atoms with E-state index in [1.54, 1.807) is 18.2 Å². The molecule has 2 heterocycles. The van der Waals surface area contributed by atoms with Gasteiger partial charge in [0.2, 0.25) is 18.0 Å². The normalized spacial score (nSPS) is 26.6. The van der Waals surface area contributed by atoms with Crippen LogP contribution >= 0.6 is 0 Å². The lowest BCUT2D eigenvalue weighted by atomic mass is 10.1. The van der Waals surface area contributed by atoms with Crippen LogP contribution in [0.15, 0.2) is 24.3 Å². The van der Waals surface area contributed by atoms with Gasteiger partial charge in [0, 0.05) is 18.0 Å². The number of carbonyl (C=O) groups is 3. The Morgan fingerprint density at radius 1 is 1.12 bits per heavy atom. The predicted octanol–water partition coefficient (Wildman–Crippen LogP) is 1.91. The fourth-order valence-electron chi connectivity index (χ4n) is 3.95. The highest BCUT2D eigenvalue weighted by Crippen LogP contribution is 2.38. The zero-order valence-corrected chi connectivity index (χ0v) is 13.4. The Balaban J connectivity index is 1.57. The van der Waals surface area contributed by atoms with Crippen LogP contribution in [0.1, 0.15) is 60.7 Å². The van der Waals surface area contributed by atoms with E-state index in [-0.39, 0.29) is 17.9 Å². The summed E-state index contributed by atoms with van der Waals surface area (Å²) >= 11 is 0. The third-order valence-corrected chi connectivity index (χ3v) is 5.18. The van der Waals surface area contributed by atoms with Gasteiger partial charge in [-0.05, 0) is 25.3 Å². The van der Waals surface area contributed by atoms with E-state index in [1.165, 1.54) is 4.90 Å². The highest BCUT2D eigenvalue weighted by atomic mass is 16.6. The Labute approximate surface area is 140 Å². The maximum atomic E-state index is 12.7. The Hall–Kier alpha value is -2.37. The first kappa shape index (κ1) is 15.2. The molecule has 1 aromatic rings. The molecule has 1 saturated carbocycles. The molecular formula is C18H20N2O4. The molecule has 6 heteroatoms. The molecule has 0 spiro atoms. The van der Waals surface area contributed by atoms with Gasteiger partial charge in [0.15, 0.2) is 0 Å². The summed E-state index contributed by atoms with van der Waals surface area (Å²) in [6.45, 7) is 0. The highest BCUT2D eigenvalue weighted by molar-refractivity contribution is 5.96. The molecule has 2 amide bonds. The van der Waals surface area contributed by atoms with Gasteiger partial charge in [0.1, 0.15) is 6.04 Å². The molecule has 0 aromatic heterocycles. The molecule has 3 aliphatic rings. The lowest BCUT2D eigenvalue weighted by molar-refractivity contribution is -0.146. The van der Waals surface area contributed by atoms with E-state index in [9.17, 15) is 14.4 Å². The van der Waals surface area contributed by atoms with E-state index >= 15 is 0 Å². The summed E-state index contributed by atoms with van der Waals surface area (Å²) in [4.78, 5) is 38.5. The van der Waals surface area contributed by atoms with Crippen LogP contribution in [0.2, 0.25) is 0 Å². The van der Waals surface area contributed by atoms with Crippen molar-refractivity contribution < 1.29 is 19.1 Å². The lowest BCUT2D eigenvalue weighted by Gasteiger charge is -2.30. The summed E-state index contributed by atoms with van der Waals surface area (Å²) < 4.78 is 5.42. The molecule has 4 rings (SSSR count). The summed E-state index contributed by atoms with van der Waals surface area (Å²) in [7, 11) is 0. The number of nitrogens with one attached hydrogen (secondary N) is 1. The number of carbonyl (C=O) groups excluding carboxylic acids is 3. The first-order valence-corrected chi connectivity index (χ1v) is 8.56. The van der Waals surface area contributed by atoms with Crippen LogP contribution in [-0.2, 0) is 14.3 Å². The van der Waals surface area contributed by atoms with Crippen LogP contribution in [-0.4, -0.2) is 34.8 Å². The fraction of sp³-hybridized carbons (Fsp3) is 0.500. The average Bonchev–Trinajstić information content (AvgIpc) is 3.28. The van der Waals surface area contributed by atoms with Gasteiger partial charge < -0.3 is 10.1 Å². The minimum absolute atomic E-state index is 0.131. The van der Waals surface area contributed by atoms with Crippen molar-refractivity contribution in [2.24, 2.45) is 0 Å². The van der Waals surface area contributed by atoms with Crippen LogP contribution < -0.4 is 5.32 Å². The van der Waals surface area contributed by atoms with E-state index in [2.05, 4.69) is 5.32 Å². The molecule has 126 valence electrons. The number of esters is 1. The van der Waals surface area contributed by atoms with Crippen LogP contribution in [0.4, 0.5) is 0 Å². The number of cyclic esters (lactones) is 1. The van der Waals surface area contributed by atoms with Gasteiger partial charge in [0.25, 0.3) is 0 Å². The Bertz CT molecular complexity index is 696. The molecule has 1 saturated heterocycles. The quantitative estimate of drug-likeness (QED) is 0.860. The summed E-state index contributed by atoms with van der Waals surface area (Å²) in [5.41, 5.74) is 1.13. The molecule has 6 nitrogen and oxygen atoms in total. The van der Waals surface area contributed by atoms with Gasteiger partial charge in [-0.3, -0.25) is 14.5 Å². The zero-order valence-electron chi connectivity index (χ0n) is 13.4. The minimum Gasteiger partial charge on any atom is -0.433 e. The largest absolute Gasteiger partial charge is 0.433 e. The monoisotopic (exact) mass is 328 g/mol. The standard InChI is InChI=1S/C18H20N2O4/c21-15-10-9-14(16(22)19-11-5-1-2-6-11)20(15)17-12-7-3-4-8-13(12)18(23)24-17/h3-4,7-8,11,14,17H,1-2,5-6,9-10H2,(H,19,22)/t14-,17-/m0/s1. The molecule has 1 aromatic carbocycles. The average molecular weight is 328 g/mol. The number of amides is 2. The molecular weight excluding hydrogens is 308 g/mol. The minimum atomic E-state index is -0.789. The number of ether oxygens (including phenoxy) is 1. The van der Waals surface area contributed by atoms with Gasteiger partial charge in [-0.25, -0.2) is 4.79 Å². The van der Waals surface area contributed by atoms with Crippen molar-refractivity contribution in [3.05, 3.63) is 35.4 Å². The smallest absolute Gasteiger partial charge is 0.340 e. The van der Waals surface area contributed by atoms with Gasteiger partial charge in [-0.15, -0.1) is 0 Å². The molecule has 1 N–H and O–H groups in total. The molecule has 0 bridgehead atoms. The van der Waals surface area contributed by atoms with E-state index < -0.39 is 18.2 Å². The first-order chi connectivity index (χ1) is 11.6. The number of hydrogen-bond donors (Lipinski definition) is 1. The number of hydrogen-bond acceptors (Lipinski definition) is 4. The number of fused-ring (bicyclic) bond motifs is 1. The second-order valence-corrected chi connectivity index (χ2v) is 6.69. The zero-order chi connectivity index (χ0) is 16.7. The molecule has 2 fully saturated rings. The molecule has 2 aliphatic heterocycles. The van der Waals surface area contributed by atoms with Crippen LogP contribution in [0, 0.1) is 0 Å². The van der Waals surface area contributed by atoms with Gasteiger partial charge in [-0.2, -0.15) is 0 Å². The van der Waals surface area contributed by atoms with Crippen molar-refractivity contribution in [3.63, 3.8) is 0 Å². The predicted molar refractivity (Wildman–Crippen MR) is 84.9 cm³/mol. The van der Waals surface area contributed by atoms with Crippen molar-refractivity contribution in [1.29, 1.82) is 0 Å². The maximum absolute atomic E-state index is 12.7. The summed E-state index contributed by atoms with van der Waals surface area (Å²) in [5, 5.41) is 3.06. The van der Waals surface area contributed by atoms with Crippen molar-refractivity contribution in [2.75, 3.05) is 0 Å². The number of nitrogens with zero attached hydrogens (tertiary/aromatic N) is 1. The van der Waals surface area contributed by atoms with Crippen molar-refractivity contribution in [1.82, 2.24) is 10.2 Å². The van der Waals surface area contributed by atoms with E-state index in [0.29, 0.717) is 24.0 Å². The summed E-state index contributed by atoms with van der Waals surface area (Å²) in [5.74, 6) is -0.713. The third-order valence-electron chi connectivity index (χ3n) is 5.18. The Kier molecular flexibility index (Phi) is 3.75. The highest BCUT2D eigenvalue weighted by Gasteiger charge is 2.46. The molecule has 0 radical (unpaired) electrons. The number of benzene rings is 1. The Morgan fingerprint density at radius 2 is 1.88 bits per heavy atom. The first-order valence-electron chi connectivity index (χ1n) is 8.56. The van der Waals surface area contributed by atoms with E-state index in [0.717, 1.165) is 25.7 Å². The second-order valence-electron chi connectivity index (χ2n) is 6.69. The molecule has 2 atom stereocenters. The van der Waals surface area contributed by atoms with Crippen LogP contribution in [0.25, 0.3) is 0 Å². The second kappa shape index (κ2) is 5.92. The van der Waals surface area contributed by atoms with Crippen LogP contribution in [0.3, 0.4) is 0 Å². The lowest BCUT2D eigenvalue weighted by Crippen LogP contribution is -2.48. The maximum Gasteiger partial charge on any atom is 0.340 e. The third kappa shape index (κ3) is 2.46. The number of likely N-dealkylation sites (tertiary alicyclic amines) is 1. The van der Waals surface area contributed by atoms with Crippen LogP contribution in [0.5, 0.6) is 0 Å². The van der Waals surface area contributed by atoms with E-state index in [1.807, 2.05) is 6.07 Å². The van der Waals surface area contributed by atoms with Gasteiger partial charge in [-0.1, -0.05) is 31.0 Å². The molecule has 24 heavy (non-hydrogen) atoms. The fourth-order valence-corrected chi connectivity index (χ4v) is 3.95. The van der Waals surface area contributed by atoms with Crippen molar-refractivity contribution in [2.45, 2.75) is 56.8 Å². The Morgan fingerprint density at radius 3 is 2.67 bits per heavy atom. The molecule has 0 unspecified atom stereocenters. The van der Waals surface area contributed by atoms with E-state index in [4.69, 9.17) is 4.74 Å². The molecule has 1 aliphatic carbocycles. The summed E-state index contributed by atoms with van der Waals surface area (Å²) in [6, 6.07) is 6.67. The van der Waals surface area contributed by atoms with Gasteiger partial charge >= 0.3 is 5.97 Å². The topological polar surface area (TPSA) is 75.7 Å². The van der Waals surface area contributed by atoms with Crippen molar-refractivity contribution >= 4 is 17.8 Å². The van der Waals surface area contributed by atoms with Crippen molar-refractivity contribution in [3.8, 4) is 0 Å². The summed E-state index contributed by atoms with van der Waals surface area (Å²) in [6.07, 6.45) is 4.23. The van der Waals surface area contributed by atoms with Gasteiger partial charge in [0.05, 0.1) is 5.56 Å².